The van der Waals surface area contributed by atoms with Crippen LogP contribution < -0.4 is 9.47 Å². The highest BCUT2D eigenvalue weighted by Crippen LogP contribution is 2.29. The average molecular weight is 568 g/mol. The molecular formula is C35H41N3O4. The fraction of sp³-hybridized carbons (Fsp3) is 0.371. The summed E-state index contributed by atoms with van der Waals surface area (Å²) in [6.45, 7) is 6.42. The summed E-state index contributed by atoms with van der Waals surface area (Å²) in [6.07, 6.45) is 6.64. The fourth-order valence-electron chi connectivity index (χ4n) is 5.16. The molecule has 1 aromatic heterocycles. The number of rotatable bonds is 15. The van der Waals surface area contributed by atoms with Crippen molar-refractivity contribution in [1.29, 1.82) is 0 Å². The van der Waals surface area contributed by atoms with Crippen LogP contribution in [0.4, 0.5) is 0 Å². The normalized spacial score (nSPS) is 12.7. The third-order valence-corrected chi connectivity index (χ3v) is 7.71. The van der Waals surface area contributed by atoms with Crippen LogP contribution in [0.15, 0.2) is 79.0 Å². The molecule has 1 saturated carbocycles. The lowest BCUT2D eigenvalue weighted by molar-refractivity contribution is -0.132. The van der Waals surface area contributed by atoms with E-state index < -0.39 is 0 Å². The minimum atomic E-state index is -0.108. The van der Waals surface area contributed by atoms with Crippen molar-refractivity contribution < 1.29 is 19.1 Å². The molecule has 0 radical (unpaired) electrons. The molecule has 1 aliphatic rings. The molecule has 0 atom stereocenters. The predicted molar refractivity (Wildman–Crippen MR) is 166 cm³/mol. The molecule has 0 unspecified atom stereocenters. The lowest BCUT2D eigenvalue weighted by Crippen LogP contribution is -2.44. The molecule has 3 aromatic carbocycles. The van der Waals surface area contributed by atoms with Crippen LogP contribution in [0.1, 0.15) is 61.0 Å². The molecule has 4 aromatic rings. The summed E-state index contributed by atoms with van der Waals surface area (Å²) in [5.74, 6) is 1.41. The van der Waals surface area contributed by atoms with E-state index in [2.05, 4.69) is 24.0 Å². The molecule has 1 fully saturated rings. The van der Waals surface area contributed by atoms with E-state index in [9.17, 15) is 9.59 Å². The molecule has 1 aliphatic carbocycles. The number of H-pyrrole nitrogens is 1. The van der Waals surface area contributed by atoms with Gasteiger partial charge in [0.15, 0.2) is 0 Å². The molecule has 2 amide bonds. The minimum Gasteiger partial charge on any atom is -0.494 e. The van der Waals surface area contributed by atoms with Crippen LogP contribution in [0.5, 0.6) is 11.5 Å². The molecule has 7 heteroatoms. The van der Waals surface area contributed by atoms with Gasteiger partial charge < -0.3 is 24.3 Å². The Morgan fingerprint density at radius 2 is 1.62 bits per heavy atom. The second kappa shape index (κ2) is 14.1. The number of carbonyl (C=O) groups is 2. The minimum absolute atomic E-state index is 0.0523. The lowest BCUT2D eigenvalue weighted by atomic mass is 10.1. The van der Waals surface area contributed by atoms with Crippen LogP contribution in [-0.4, -0.2) is 58.9 Å². The summed E-state index contributed by atoms with van der Waals surface area (Å²) in [4.78, 5) is 34.5. The van der Waals surface area contributed by atoms with E-state index in [4.69, 9.17) is 9.47 Å². The van der Waals surface area contributed by atoms with Crippen molar-refractivity contribution in [2.24, 2.45) is 0 Å². The van der Waals surface area contributed by atoms with Crippen molar-refractivity contribution >= 4 is 22.7 Å². The summed E-state index contributed by atoms with van der Waals surface area (Å²) in [5.41, 5.74) is 3.86. The average Bonchev–Trinajstić information content (AvgIpc) is 3.78. The van der Waals surface area contributed by atoms with Crippen molar-refractivity contribution in [2.45, 2.75) is 58.5 Å². The van der Waals surface area contributed by atoms with Gasteiger partial charge in [0.25, 0.3) is 5.91 Å². The molecule has 0 saturated heterocycles. The van der Waals surface area contributed by atoms with Gasteiger partial charge in [-0.25, -0.2) is 0 Å². The van der Waals surface area contributed by atoms with Crippen LogP contribution in [0.25, 0.3) is 10.9 Å². The number of ether oxygens (including phenoxy) is 2. The van der Waals surface area contributed by atoms with E-state index in [-0.39, 0.29) is 24.4 Å². The monoisotopic (exact) mass is 567 g/mol. The first kappa shape index (κ1) is 29.2. The number of amides is 2. The molecule has 1 N–H and O–H groups in total. The highest BCUT2D eigenvalue weighted by atomic mass is 16.5. The van der Waals surface area contributed by atoms with Crippen LogP contribution in [-0.2, 0) is 17.8 Å². The van der Waals surface area contributed by atoms with Crippen LogP contribution in [0.2, 0.25) is 0 Å². The Labute approximate surface area is 248 Å². The van der Waals surface area contributed by atoms with Crippen LogP contribution >= 0.6 is 0 Å². The van der Waals surface area contributed by atoms with Crippen molar-refractivity contribution in [3.05, 3.63) is 95.7 Å². The number of nitrogens with zero attached hydrogens (tertiary/aromatic N) is 2. The van der Waals surface area contributed by atoms with Crippen molar-refractivity contribution in [3.8, 4) is 11.5 Å². The van der Waals surface area contributed by atoms with Crippen molar-refractivity contribution in [3.63, 3.8) is 0 Å². The maximum Gasteiger partial charge on any atom is 0.254 e. The molecule has 5 rings (SSSR count). The Kier molecular flexibility index (Phi) is 9.80. The van der Waals surface area contributed by atoms with E-state index in [1.54, 1.807) is 17.0 Å². The third-order valence-electron chi connectivity index (χ3n) is 7.71. The maximum absolute atomic E-state index is 13.9. The number of fused-ring (bicyclic) bond motifs is 1. The van der Waals surface area contributed by atoms with Gasteiger partial charge in [-0.2, -0.15) is 0 Å². The molecule has 42 heavy (non-hydrogen) atoms. The third kappa shape index (κ3) is 7.52. The number of unbranched alkanes of at least 4 members (excludes halogenated alkanes) is 1. The van der Waals surface area contributed by atoms with Gasteiger partial charge in [0, 0.05) is 41.8 Å². The second-order valence-corrected chi connectivity index (χ2v) is 10.9. The Balaban J connectivity index is 1.30. The van der Waals surface area contributed by atoms with Crippen molar-refractivity contribution in [1.82, 2.24) is 14.8 Å². The van der Waals surface area contributed by atoms with Gasteiger partial charge in [-0.3, -0.25) is 9.59 Å². The van der Waals surface area contributed by atoms with E-state index in [1.807, 2.05) is 66.6 Å². The van der Waals surface area contributed by atoms with Gasteiger partial charge in [-0.15, -0.1) is 0 Å². The lowest BCUT2D eigenvalue weighted by Gasteiger charge is -2.28. The zero-order chi connectivity index (χ0) is 29.3. The quantitative estimate of drug-likeness (QED) is 0.164. The molecule has 1 heterocycles. The number of aromatic amines is 1. The summed E-state index contributed by atoms with van der Waals surface area (Å²) in [7, 11) is 0. The Morgan fingerprint density at radius 1 is 0.905 bits per heavy atom. The topological polar surface area (TPSA) is 74.9 Å². The first-order valence-corrected chi connectivity index (χ1v) is 15.1. The Bertz CT molecular complexity index is 1460. The van der Waals surface area contributed by atoms with Crippen LogP contribution in [0, 0.1) is 0 Å². The van der Waals surface area contributed by atoms with Gasteiger partial charge in [0.05, 0.1) is 13.2 Å². The Hall–Kier alpha value is -4.26. The van der Waals surface area contributed by atoms with Crippen LogP contribution in [0.3, 0.4) is 0 Å². The van der Waals surface area contributed by atoms with Gasteiger partial charge in [-0.1, -0.05) is 43.7 Å². The number of aromatic nitrogens is 1. The molecule has 7 nitrogen and oxygen atoms in total. The molecule has 220 valence electrons. The smallest absolute Gasteiger partial charge is 0.254 e. The zero-order valence-corrected chi connectivity index (χ0v) is 24.7. The predicted octanol–water partition coefficient (Wildman–Crippen LogP) is 6.62. The molecule has 0 aliphatic heterocycles. The zero-order valence-electron chi connectivity index (χ0n) is 24.7. The number of para-hydroxylation sites is 1. The fourth-order valence-corrected chi connectivity index (χ4v) is 5.16. The number of hydrogen-bond acceptors (Lipinski definition) is 4. The largest absolute Gasteiger partial charge is 0.494 e. The van der Waals surface area contributed by atoms with Gasteiger partial charge in [0.1, 0.15) is 18.0 Å². The van der Waals surface area contributed by atoms with E-state index in [1.165, 1.54) is 10.9 Å². The van der Waals surface area contributed by atoms with Gasteiger partial charge >= 0.3 is 0 Å². The Morgan fingerprint density at radius 3 is 2.33 bits per heavy atom. The SMILES string of the molecule is CCCCOc1ccc(C(=O)N(CC(=O)N(CCc2c[nH]c3ccccc23)Cc2ccc(OCC)cc2)C2CC2)cc1. The highest BCUT2D eigenvalue weighted by Gasteiger charge is 2.35. The summed E-state index contributed by atoms with van der Waals surface area (Å²) >= 11 is 0. The summed E-state index contributed by atoms with van der Waals surface area (Å²) in [6, 6.07) is 23.5. The van der Waals surface area contributed by atoms with E-state index >= 15 is 0 Å². The number of benzene rings is 3. The highest BCUT2D eigenvalue weighted by molar-refractivity contribution is 5.97. The molecule has 0 spiro atoms. The maximum atomic E-state index is 13.9. The number of hydrogen-bond donors (Lipinski definition) is 1. The van der Waals surface area contributed by atoms with E-state index in [0.29, 0.717) is 38.3 Å². The number of carbonyl (C=O) groups excluding carboxylic acids is 2. The summed E-state index contributed by atoms with van der Waals surface area (Å²) in [5, 5.41) is 1.17. The van der Waals surface area contributed by atoms with Gasteiger partial charge in [0.2, 0.25) is 5.91 Å². The summed E-state index contributed by atoms with van der Waals surface area (Å²) < 4.78 is 11.4. The standard InChI is InChI=1S/C35H41N3O4/c1-3-5-22-42-31-18-12-27(13-19-31)35(40)38(29-14-15-29)25-34(39)37(24-26-10-16-30(17-11-26)41-4-2)21-20-28-23-36-33-9-7-6-8-32(28)33/h6-13,16-19,23,29,36H,3-5,14-15,20-22,24-25H2,1-2H3. The molecular weight excluding hydrogens is 526 g/mol. The van der Waals surface area contributed by atoms with Crippen molar-refractivity contribution in [2.75, 3.05) is 26.3 Å². The first-order valence-electron chi connectivity index (χ1n) is 15.1. The molecule has 0 bridgehead atoms. The van der Waals surface area contributed by atoms with E-state index in [0.717, 1.165) is 48.3 Å². The second-order valence-electron chi connectivity index (χ2n) is 10.9. The first-order chi connectivity index (χ1) is 20.6. The number of nitrogens with one attached hydrogen (secondary N) is 1. The van der Waals surface area contributed by atoms with Gasteiger partial charge in [-0.05, 0) is 86.2 Å².